The largest absolute Gasteiger partial charge is 0.393 e. The first kappa shape index (κ1) is 15.2. The molecule has 4 N–H and O–H groups in total. The minimum absolute atomic E-state index is 0.262. The van der Waals surface area contributed by atoms with Crippen molar-refractivity contribution in [2.24, 2.45) is 17.3 Å². The van der Waals surface area contributed by atoms with Crippen molar-refractivity contribution >= 4 is 0 Å². The van der Waals surface area contributed by atoms with Crippen LogP contribution in [0, 0.1) is 17.3 Å². The second kappa shape index (κ2) is 4.42. The van der Waals surface area contributed by atoms with E-state index in [2.05, 4.69) is 0 Å². The fourth-order valence-corrected chi connectivity index (χ4v) is 4.55. The smallest absolute Gasteiger partial charge is 0.0679 e. The molecular weight excluding hydrogens is 244 g/mol. The lowest BCUT2D eigenvalue weighted by atomic mass is 9.50. The zero-order chi connectivity index (χ0) is 14.6. The van der Waals surface area contributed by atoms with Crippen LogP contribution in [-0.4, -0.2) is 43.8 Å². The molecule has 0 radical (unpaired) electrons. The van der Waals surface area contributed by atoms with E-state index in [0.717, 1.165) is 6.42 Å². The fourth-order valence-electron chi connectivity index (χ4n) is 4.55. The molecule has 4 heteroatoms. The van der Waals surface area contributed by atoms with Gasteiger partial charge < -0.3 is 20.4 Å². The van der Waals surface area contributed by atoms with E-state index in [0.29, 0.717) is 19.3 Å². The van der Waals surface area contributed by atoms with Crippen molar-refractivity contribution in [1.82, 2.24) is 0 Å². The van der Waals surface area contributed by atoms with Crippen LogP contribution in [0.15, 0.2) is 0 Å². The monoisotopic (exact) mass is 272 g/mol. The highest BCUT2D eigenvalue weighted by molar-refractivity contribution is 5.10. The predicted molar refractivity (Wildman–Crippen MR) is 72.5 cm³/mol. The molecule has 2 aliphatic carbocycles. The lowest BCUT2D eigenvalue weighted by Gasteiger charge is -2.59. The Kier molecular flexibility index (Phi) is 3.54. The normalized spacial score (nSPS) is 51.8. The Morgan fingerprint density at radius 3 is 2.16 bits per heavy atom. The Bertz CT molecular complexity index is 347. The zero-order valence-electron chi connectivity index (χ0n) is 12.4. The molecule has 2 aliphatic rings. The first-order valence-electron chi connectivity index (χ1n) is 7.31. The molecule has 0 saturated heterocycles. The minimum atomic E-state index is -0.989. The number of hydrogen-bond donors (Lipinski definition) is 4. The summed E-state index contributed by atoms with van der Waals surface area (Å²) in [5.74, 6) is -0.656. The van der Waals surface area contributed by atoms with Gasteiger partial charge >= 0.3 is 0 Å². The van der Waals surface area contributed by atoms with Gasteiger partial charge in [0.2, 0.25) is 0 Å². The Morgan fingerprint density at radius 2 is 1.63 bits per heavy atom. The van der Waals surface area contributed by atoms with Crippen LogP contribution in [0.1, 0.15) is 53.4 Å². The number of aliphatic hydroxyl groups is 4. The highest BCUT2D eigenvalue weighted by Gasteiger charge is 2.60. The SMILES string of the molecule is CC(C)(O)[C@@H]1CC[C@@]2(C)[C@H](O)CC[C@](C)(O)[C@H]2[C@@H]1O. The van der Waals surface area contributed by atoms with Crippen LogP contribution in [0.4, 0.5) is 0 Å². The molecule has 0 aliphatic heterocycles. The molecule has 2 saturated carbocycles. The molecule has 4 nitrogen and oxygen atoms in total. The van der Waals surface area contributed by atoms with Crippen LogP contribution in [0.2, 0.25) is 0 Å². The standard InChI is InChI=1S/C15H28O4/c1-13(2,18)9-5-7-14(3)10(16)6-8-15(4,19)12(14)11(9)17/h9-12,16-19H,5-8H2,1-4H3/t9-,10-,11-,12+,14+,15+/m1/s1. The van der Waals surface area contributed by atoms with Crippen LogP contribution >= 0.6 is 0 Å². The number of aliphatic hydroxyl groups excluding tert-OH is 2. The van der Waals surface area contributed by atoms with Crippen molar-refractivity contribution < 1.29 is 20.4 Å². The van der Waals surface area contributed by atoms with Crippen molar-refractivity contribution in [2.45, 2.75) is 76.8 Å². The number of hydrogen-bond acceptors (Lipinski definition) is 4. The van der Waals surface area contributed by atoms with Gasteiger partial charge in [-0.3, -0.25) is 0 Å². The second-order valence-corrected chi connectivity index (χ2v) is 7.68. The third kappa shape index (κ3) is 2.33. The Balaban J connectivity index is 2.37. The third-order valence-corrected chi connectivity index (χ3v) is 5.72. The zero-order valence-corrected chi connectivity index (χ0v) is 12.4. The van der Waals surface area contributed by atoms with Gasteiger partial charge in [-0.25, -0.2) is 0 Å². The summed E-state index contributed by atoms with van der Waals surface area (Å²) in [6.07, 6.45) is 1.17. The molecule has 0 unspecified atom stereocenters. The molecule has 6 atom stereocenters. The van der Waals surface area contributed by atoms with Crippen LogP contribution < -0.4 is 0 Å². The highest BCUT2D eigenvalue weighted by atomic mass is 16.3. The van der Waals surface area contributed by atoms with Gasteiger partial charge in [0.1, 0.15) is 0 Å². The molecule has 0 bridgehead atoms. The van der Waals surface area contributed by atoms with Crippen LogP contribution in [0.25, 0.3) is 0 Å². The molecule has 0 heterocycles. The molecule has 2 rings (SSSR count). The molecule has 0 aromatic rings. The Hall–Kier alpha value is -0.160. The minimum Gasteiger partial charge on any atom is -0.393 e. The van der Waals surface area contributed by atoms with Crippen molar-refractivity contribution in [3.63, 3.8) is 0 Å². The van der Waals surface area contributed by atoms with Gasteiger partial charge in [-0.2, -0.15) is 0 Å². The quantitative estimate of drug-likeness (QED) is 0.575. The van der Waals surface area contributed by atoms with Crippen molar-refractivity contribution in [1.29, 1.82) is 0 Å². The average molecular weight is 272 g/mol. The van der Waals surface area contributed by atoms with Gasteiger partial charge in [0.15, 0.2) is 0 Å². The summed E-state index contributed by atoms with van der Waals surface area (Å²) in [6, 6.07) is 0. The molecule has 0 aromatic heterocycles. The Morgan fingerprint density at radius 1 is 1.05 bits per heavy atom. The van der Waals surface area contributed by atoms with E-state index >= 15 is 0 Å². The van der Waals surface area contributed by atoms with E-state index in [4.69, 9.17) is 0 Å². The maximum Gasteiger partial charge on any atom is 0.0679 e. The van der Waals surface area contributed by atoms with Gasteiger partial charge in [0.05, 0.1) is 23.4 Å². The lowest BCUT2D eigenvalue weighted by Crippen LogP contribution is -2.64. The molecule has 2 fully saturated rings. The topological polar surface area (TPSA) is 80.9 Å². The van der Waals surface area contributed by atoms with E-state index < -0.39 is 34.7 Å². The molecule has 19 heavy (non-hydrogen) atoms. The number of fused-ring (bicyclic) bond motifs is 1. The summed E-state index contributed by atoms with van der Waals surface area (Å²) in [5.41, 5.74) is -2.43. The molecule has 0 spiro atoms. The molecular formula is C15H28O4. The van der Waals surface area contributed by atoms with E-state index in [-0.39, 0.29) is 5.92 Å². The summed E-state index contributed by atoms with van der Waals surface area (Å²) < 4.78 is 0. The summed E-state index contributed by atoms with van der Waals surface area (Å²) >= 11 is 0. The van der Waals surface area contributed by atoms with Crippen molar-refractivity contribution in [2.75, 3.05) is 0 Å². The summed E-state index contributed by atoms with van der Waals surface area (Å²) in [6.45, 7) is 7.12. The van der Waals surface area contributed by atoms with E-state index in [1.54, 1.807) is 20.8 Å². The Labute approximate surface area is 115 Å². The fraction of sp³-hybridized carbons (Fsp3) is 1.00. The predicted octanol–water partition coefficient (Wildman–Crippen LogP) is 1.06. The summed E-state index contributed by atoms with van der Waals surface area (Å²) in [5, 5.41) is 41.9. The van der Waals surface area contributed by atoms with E-state index in [1.807, 2.05) is 6.92 Å². The van der Waals surface area contributed by atoms with E-state index in [1.165, 1.54) is 0 Å². The first-order chi connectivity index (χ1) is 8.50. The van der Waals surface area contributed by atoms with Gasteiger partial charge in [0, 0.05) is 17.3 Å². The van der Waals surface area contributed by atoms with Gasteiger partial charge in [-0.1, -0.05) is 6.92 Å². The average Bonchev–Trinajstić information content (AvgIpc) is 2.22. The summed E-state index contributed by atoms with van der Waals surface area (Å²) in [7, 11) is 0. The van der Waals surface area contributed by atoms with Crippen molar-refractivity contribution in [3.05, 3.63) is 0 Å². The van der Waals surface area contributed by atoms with Crippen LogP contribution in [-0.2, 0) is 0 Å². The third-order valence-electron chi connectivity index (χ3n) is 5.72. The number of rotatable bonds is 1. The van der Waals surface area contributed by atoms with Crippen LogP contribution in [0.3, 0.4) is 0 Å². The van der Waals surface area contributed by atoms with Crippen LogP contribution in [0.5, 0.6) is 0 Å². The maximum atomic E-state index is 10.7. The summed E-state index contributed by atoms with van der Waals surface area (Å²) in [4.78, 5) is 0. The molecule has 0 amide bonds. The van der Waals surface area contributed by atoms with Gasteiger partial charge in [-0.15, -0.1) is 0 Å². The highest BCUT2D eigenvalue weighted by Crippen LogP contribution is 2.56. The lowest BCUT2D eigenvalue weighted by molar-refractivity contribution is -0.232. The van der Waals surface area contributed by atoms with Gasteiger partial charge in [0.25, 0.3) is 0 Å². The first-order valence-corrected chi connectivity index (χ1v) is 7.31. The van der Waals surface area contributed by atoms with Crippen molar-refractivity contribution in [3.8, 4) is 0 Å². The molecule has 0 aromatic carbocycles. The van der Waals surface area contributed by atoms with Gasteiger partial charge in [-0.05, 0) is 46.5 Å². The maximum absolute atomic E-state index is 10.7. The second-order valence-electron chi connectivity index (χ2n) is 7.68. The molecule has 112 valence electrons. The van der Waals surface area contributed by atoms with E-state index in [9.17, 15) is 20.4 Å².